The largest absolute Gasteiger partial charge is 1.00 e. The summed E-state index contributed by atoms with van der Waals surface area (Å²) in [6, 6.07) is 34.4. The summed E-state index contributed by atoms with van der Waals surface area (Å²) in [6.45, 7) is 4.54. The van der Waals surface area contributed by atoms with Gasteiger partial charge in [-0.1, -0.05) is 120 Å². The normalized spacial score (nSPS) is 19.0. The summed E-state index contributed by atoms with van der Waals surface area (Å²) in [5.41, 5.74) is 0.539. The van der Waals surface area contributed by atoms with Crippen LogP contribution in [0, 0.1) is 11.8 Å². The highest BCUT2D eigenvalue weighted by atomic mass is 79.9. The molecule has 1 saturated carbocycles. The summed E-state index contributed by atoms with van der Waals surface area (Å²) in [4.78, 5) is 0. The first-order valence-electron chi connectivity index (χ1n) is 15.9. The molecule has 0 saturated heterocycles. The van der Waals surface area contributed by atoms with Gasteiger partial charge in [0.2, 0.25) is 0 Å². The number of unbranched alkanes of at least 4 members (excludes halogenated alkanes) is 3. The first-order chi connectivity index (χ1) is 19.2. The molecule has 4 rings (SSSR count). The minimum Gasteiger partial charge on any atom is -1.00 e. The van der Waals surface area contributed by atoms with Crippen LogP contribution in [-0.2, 0) is 0 Å². The molecule has 0 bridgehead atoms. The van der Waals surface area contributed by atoms with E-state index < -0.39 is 7.26 Å². The second-order valence-corrected chi connectivity index (χ2v) is 15.6. The first kappa shape index (κ1) is 33.0. The maximum absolute atomic E-state index is 11.1. The lowest BCUT2D eigenvalue weighted by molar-refractivity contribution is -0.0000104. The Hall–Kier alpha value is -1.47. The number of aliphatic hydroxyl groups excluding tert-OH is 1. The van der Waals surface area contributed by atoms with E-state index in [0.29, 0.717) is 11.6 Å². The predicted molar refractivity (Wildman–Crippen MR) is 173 cm³/mol. The Morgan fingerprint density at radius 3 is 1.55 bits per heavy atom. The van der Waals surface area contributed by atoms with E-state index >= 15 is 0 Å². The van der Waals surface area contributed by atoms with Gasteiger partial charge in [0.1, 0.15) is 23.2 Å². The van der Waals surface area contributed by atoms with Crippen LogP contribution in [0.5, 0.6) is 0 Å². The number of aliphatic hydroxyl groups is 1. The molecule has 218 valence electrons. The average molecular weight is 624 g/mol. The second-order valence-electron chi connectivity index (χ2n) is 11.9. The molecule has 1 aliphatic carbocycles. The summed E-state index contributed by atoms with van der Waals surface area (Å²) < 4.78 is 0. The molecule has 1 fully saturated rings. The zero-order chi connectivity index (χ0) is 27.3. The monoisotopic (exact) mass is 622 g/mol. The van der Waals surface area contributed by atoms with Gasteiger partial charge in [-0.25, -0.2) is 0 Å². The van der Waals surface area contributed by atoms with Gasteiger partial charge in [-0.2, -0.15) is 0 Å². The number of halogens is 1. The molecular weight excluding hydrogens is 571 g/mol. The molecule has 3 aromatic carbocycles. The maximum Gasteiger partial charge on any atom is 0.115 e. The summed E-state index contributed by atoms with van der Waals surface area (Å²) >= 11 is 0. The Kier molecular flexibility index (Phi) is 14.4. The quantitative estimate of drug-likeness (QED) is 0.161. The Morgan fingerprint density at radius 2 is 1.10 bits per heavy atom. The molecule has 1 N–H and O–H groups in total. The Balaban J connectivity index is 0.00000441. The second kappa shape index (κ2) is 17.5. The van der Waals surface area contributed by atoms with Crippen molar-refractivity contribution in [2.75, 3.05) is 0 Å². The lowest BCUT2D eigenvalue weighted by Gasteiger charge is -2.42. The van der Waals surface area contributed by atoms with Crippen molar-refractivity contribution in [3.8, 4) is 0 Å². The van der Waals surface area contributed by atoms with Crippen LogP contribution in [0.25, 0.3) is 0 Å². The summed E-state index contributed by atoms with van der Waals surface area (Å²) in [6.07, 6.45) is 15.9. The van der Waals surface area contributed by atoms with Crippen molar-refractivity contribution in [1.29, 1.82) is 0 Å². The van der Waals surface area contributed by atoms with Crippen molar-refractivity contribution < 1.29 is 22.1 Å². The number of benzene rings is 3. The van der Waals surface area contributed by atoms with Crippen molar-refractivity contribution >= 4 is 23.2 Å². The molecule has 0 radical (unpaired) electrons. The third-order valence-electron chi connectivity index (χ3n) is 9.33. The van der Waals surface area contributed by atoms with E-state index in [1.54, 1.807) is 0 Å². The smallest absolute Gasteiger partial charge is 0.115 e. The van der Waals surface area contributed by atoms with Crippen molar-refractivity contribution in [2.45, 2.75) is 109 Å². The van der Waals surface area contributed by atoms with E-state index in [-0.39, 0.29) is 23.1 Å². The Bertz CT molecular complexity index is 953. The van der Waals surface area contributed by atoms with Gasteiger partial charge in [-0.05, 0) is 80.3 Å². The molecule has 2 unspecified atom stereocenters. The highest BCUT2D eigenvalue weighted by Crippen LogP contribution is 2.64. The lowest BCUT2D eigenvalue weighted by atomic mass is 9.77. The molecule has 0 heterocycles. The predicted octanol–water partition coefficient (Wildman–Crippen LogP) is 6.07. The highest BCUT2D eigenvalue weighted by molar-refractivity contribution is 7.96. The minimum atomic E-state index is -1.97. The van der Waals surface area contributed by atoms with Crippen LogP contribution < -0.4 is 32.9 Å². The Labute approximate surface area is 256 Å². The van der Waals surface area contributed by atoms with E-state index in [0.717, 1.165) is 38.0 Å². The van der Waals surface area contributed by atoms with Crippen LogP contribution in [-0.4, -0.2) is 16.9 Å². The SMILES string of the molecule is CCCCCC1CCC(C(CCC(O)CCCC)[P+](c2ccccc2)(c2ccccc2)c2ccccc2)CC1.[Br-]. The van der Waals surface area contributed by atoms with Gasteiger partial charge in [-0.15, -0.1) is 0 Å². The van der Waals surface area contributed by atoms with Crippen LogP contribution in [0.4, 0.5) is 0 Å². The van der Waals surface area contributed by atoms with Crippen LogP contribution in [0.3, 0.4) is 0 Å². The van der Waals surface area contributed by atoms with E-state index in [2.05, 4.69) is 105 Å². The lowest BCUT2D eigenvalue weighted by Crippen LogP contribution is -3.00. The van der Waals surface area contributed by atoms with Crippen LogP contribution in [0.2, 0.25) is 0 Å². The third kappa shape index (κ3) is 8.30. The molecule has 0 aliphatic heterocycles. The van der Waals surface area contributed by atoms with Crippen molar-refractivity contribution in [2.24, 2.45) is 11.8 Å². The van der Waals surface area contributed by atoms with E-state index in [4.69, 9.17) is 0 Å². The highest BCUT2D eigenvalue weighted by Gasteiger charge is 2.54. The fourth-order valence-corrected chi connectivity index (χ4v) is 12.7. The molecule has 0 spiro atoms. The van der Waals surface area contributed by atoms with Crippen molar-refractivity contribution in [3.63, 3.8) is 0 Å². The maximum atomic E-state index is 11.1. The van der Waals surface area contributed by atoms with Gasteiger partial charge < -0.3 is 22.1 Å². The standard InChI is InChI=1S/C37H52OP.BrH/c1-3-5-10-17-31-25-27-32(28-26-31)37(30-29-33(38)18-6-4-2)39(34-19-11-7-12-20-34,35-21-13-8-14-22-35)36-23-15-9-16-24-36;/h7-9,11-16,19-24,31-33,37-38H,3-6,10,17-18,25-30H2,1-2H3;1H/q+1;/p-1. The van der Waals surface area contributed by atoms with Crippen molar-refractivity contribution in [1.82, 2.24) is 0 Å². The molecule has 40 heavy (non-hydrogen) atoms. The zero-order valence-electron chi connectivity index (χ0n) is 24.9. The Morgan fingerprint density at radius 1 is 0.625 bits per heavy atom. The van der Waals surface area contributed by atoms with Gasteiger partial charge in [-0.3, -0.25) is 0 Å². The summed E-state index contributed by atoms with van der Waals surface area (Å²) in [7, 11) is -1.97. The third-order valence-corrected chi connectivity index (χ3v) is 14.3. The fraction of sp³-hybridized carbons (Fsp3) is 0.514. The summed E-state index contributed by atoms with van der Waals surface area (Å²) in [5.74, 6) is 1.60. The minimum absolute atomic E-state index is 0. The fourth-order valence-electron chi connectivity index (χ4n) is 7.25. The molecular formula is C37H52BrOP. The molecule has 3 heteroatoms. The average Bonchev–Trinajstić information content (AvgIpc) is 3.00. The van der Waals surface area contributed by atoms with E-state index in [1.165, 1.54) is 67.3 Å². The van der Waals surface area contributed by atoms with Gasteiger partial charge >= 0.3 is 0 Å². The van der Waals surface area contributed by atoms with E-state index in [9.17, 15) is 5.11 Å². The zero-order valence-corrected chi connectivity index (χ0v) is 27.4. The molecule has 1 aliphatic rings. The first-order valence-corrected chi connectivity index (χ1v) is 17.8. The van der Waals surface area contributed by atoms with Crippen LogP contribution in [0.15, 0.2) is 91.0 Å². The van der Waals surface area contributed by atoms with Gasteiger partial charge in [0.25, 0.3) is 0 Å². The number of hydrogen-bond donors (Lipinski definition) is 1. The molecule has 3 aromatic rings. The molecule has 0 amide bonds. The number of hydrogen-bond acceptors (Lipinski definition) is 1. The molecule has 1 nitrogen and oxygen atoms in total. The van der Waals surface area contributed by atoms with Crippen molar-refractivity contribution in [3.05, 3.63) is 91.0 Å². The summed E-state index contributed by atoms with van der Waals surface area (Å²) in [5, 5.41) is 15.6. The number of rotatable bonds is 15. The van der Waals surface area contributed by atoms with Gasteiger partial charge in [0.05, 0.1) is 11.8 Å². The van der Waals surface area contributed by atoms with E-state index in [1.807, 2.05) is 0 Å². The van der Waals surface area contributed by atoms with Crippen LogP contribution in [0.1, 0.15) is 97.3 Å². The van der Waals surface area contributed by atoms with Gasteiger partial charge in [0, 0.05) is 0 Å². The van der Waals surface area contributed by atoms with Gasteiger partial charge in [0.15, 0.2) is 0 Å². The molecule has 2 atom stereocenters. The topological polar surface area (TPSA) is 20.2 Å². The molecule has 0 aromatic heterocycles. The van der Waals surface area contributed by atoms with Crippen LogP contribution >= 0.6 is 7.26 Å².